The number of nitrogens with one attached hydrogen (secondary N) is 1. The first-order chi connectivity index (χ1) is 15.6. The van der Waals surface area contributed by atoms with Crippen LogP contribution in [0.25, 0.3) is 21.1 Å². The summed E-state index contributed by atoms with van der Waals surface area (Å²) in [4.78, 5) is 14.8. The molecule has 0 fully saturated rings. The second-order valence-corrected chi connectivity index (χ2v) is 8.53. The van der Waals surface area contributed by atoms with Crippen LogP contribution in [-0.4, -0.2) is 20.7 Å². The molecule has 0 amide bonds. The monoisotopic (exact) mass is 447 g/mol. The topological polar surface area (TPSA) is 63.1 Å². The van der Waals surface area contributed by atoms with E-state index in [0.29, 0.717) is 0 Å². The Labute approximate surface area is 187 Å². The van der Waals surface area contributed by atoms with Crippen LogP contribution in [0.3, 0.4) is 0 Å². The molecule has 1 aliphatic rings. The van der Waals surface area contributed by atoms with Crippen molar-refractivity contribution in [3.8, 4) is 21.1 Å². The average molecular weight is 448 g/mol. The number of pyridine rings is 2. The minimum Gasteiger partial charge on any atom is -0.275 e. The molecule has 1 aliphatic carbocycles. The van der Waals surface area contributed by atoms with Crippen LogP contribution >= 0.6 is 11.3 Å². The summed E-state index contributed by atoms with van der Waals surface area (Å²) >= 11 is 1.58. The van der Waals surface area contributed by atoms with Crippen LogP contribution in [-0.2, 0) is 6.42 Å². The smallest absolute Gasteiger partial charge is 0.151 e. The van der Waals surface area contributed by atoms with Crippen molar-refractivity contribution in [1.29, 1.82) is 0 Å². The number of hydrogen-bond donors (Lipinski definition) is 1. The average Bonchev–Trinajstić information content (AvgIpc) is 3.20. The fraction of sp³-hybridized carbons (Fsp3) is 0.167. The van der Waals surface area contributed by atoms with Gasteiger partial charge in [0.2, 0.25) is 0 Å². The van der Waals surface area contributed by atoms with Gasteiger partial charge in [0.25, 0.3) is 0 Å². The maximum Gasteiger partial charge on any atom is 0.151 e. The molecule has 160 valence electrons. The number of nitrogens with zero attached hydrogens (tertiary/aromatic N) is 4. The predicted octanol–water partition coefficient (Wildman–Crippen LogP) is 6.01. The van der Waals surface area contributed by atoms with Crippen LogP contribution in [0.4, 0.5) is 14.5 Å². The summed E-state index contributed by atoms with van der Waals surface area (Å²) in [6, 6.07) is 11.3. The Morgan fingerprint density at radius 3 is 2.78 bits per heavy atom. The molecule has 1 N–H and O–H groups in total. The summed E-state index contributed by atoms with van der Waals surface area (Å²) in [5, 5.41) is 5.31. The third kappa shape index (κ3) is 4.01. The highest BCUT2D eigenvalue weighted by Gasteiger charge is 2.20. The Bertz CT molecular complexity index is 1320. The summed E-state index contributed by atoms with van der Waals surface area (Å²) < 4.78 is 27.1. The lowest BCUT2D eigenvalue weighted by atomic mass is 9.94. The highest BCUT2D eigenvalue weighted by Crippen LogP contribution is 2.35. The number of rotatable bonds is 4. The lowest BCUT2D eigenvalue weighted by Gasteiger charge is -2.18. The zero-order chi connectivity index (χ0) is 22.1. The first-order valence-electron chi connectivity index (χ1n) is 10.2. The third-order valence-electron chi connectivity index (χ3n) is 5.29. The Morgan fingerprint density at radius 2 is 1.97 bits per heavy atom. The van der Waals surface area contributed by atoms with Gasteiger partial charge in [0.15, 0.2) is 5.82 Å². The Balaban J connectivity index is 1.49. The van der Waals surface area contributed by atoms with Crippen molar-refractivity contribution in [3.05, 3.63) is 83.4 Å². The van der Waals surface area contributed by atoms with Crippen molar-refractivity contribution in [2.24, 2.45) is 5.10 Å². The van der Waals surface area contributed by atoms with Crippen molar-refractivity contribution >= 4 is 22.7 Å². The number of aryl methyl sites for hydroxylation is 2. The van der Waals surface area contributed by atoms with E-state index < -0.39 is 11.6 Å². The normalized spacial score (nSPS) is 14.4. The number of hydrogen-bond acceptors (Lipinski definition) is 6. The van der Waals surface area contributed by atoms with Gasteiger partial charge in [-0.1, -0.05) is 6.07 Å². The quantitative estimate of drug-likeness (QED) is 0.390. The third-order valence-corrected chi connectivity index (χ3v) is 6.52. The van der Waals surface area contributed by atoms with Crippen LogP contribution in [0.5, 0.6) is 0 Å². The zero-order valence-electron chi connectivity index (χ0n) is 17.3. The minimum absolute atomic E-state index is 0.126. The molecule has 5 rings (SSSR count). The standard InChI is InChI=1S/C24H19F2N5S/c1-14-23(32-24(28-14)16-5-3-11-27-13-16)21-9-7-15-4-2-6-20(22(15)29-21)31-30-19-10-8-17(25)12-18(19)26/h3,5,7-13,30H,2,4,6H2,1H3. The highest BCUT2D eigenvalue weighted by molar-refractivity contribution is 7.18. The van der Waals surface area contributed by atoms with Crippen molar-refractivity contribution < 1.29 is 8.78 Å². The van der Waals surface area contributed by atoms with Crippen LogP contribution in [0.2, 0.25) is 0 Å². The number of benzene rings is 1. The molecule has 0 atom stereocenters. The zero-order valence-corrected chi connectivity index (χ0v) is 18.1. The fourth-order valence-electron chi connectivity index (χ4n) is 3.69. The largest absolute Gasteiger partial charge is 0.275 e. The molecule has 1 aromatic carbocycles. The summed E-state index contributed by atoms with van der Waals surface area (Å²) in [5.74, 6) is -1.31. The minimum atomic E-state index is -0.685. The molecule has 0 spiro atoms. The fourth-order valence-corrected chi connectivity index (χ4v) is 4.72. The second kappa shape index (κ2) is 8.55. The van der Waals surface area contributed by atoms with Gasteiger partial charge in [0, 0.05) is 24.0 Å². The van der Waals surface area contributed by atoms with Gasteiger partial charge in [-0.25, -0.2) is 18.7 Å². The van der Waals surface area contributed by atoms with E-state index in [1.165, 1.54) is 12.1 Å². The molecular formula is C24H19F2N5S. The van der Waals surface area contributed by atoms with Crippen LogP contribution in [0.1, 0.15) is 29.8 Å². The molecule has 3 aromatic heterocycles. The van der Waals surface area contributed by atoms with E-state index in [0.717, 1.165) is 69.1 Å². The van der Waals surface area contributed by atoms with Gasteiger partial charge in [-0.3, -0.25) is 10.4 Å². The first kappa shape index (κ1) is 20.4. The van der Waals surface area contributed by atoms with E-state index in [2.05, 4.69) is 21.6 Å². The van der Waals surface area contributed by atoms with E-state index >= 15 is 0 Å². The Morgan fingerprint density at radius 1 is 1.06 bits per heavy atom. The maximum absolute atomic E-state index is 14.0. The molecular weight excluding hydrogens is 428 g/mol. The van der Waals surface area contributed by atoms with Crippen LogP contribution in [0.15, 0.2) is 60.0 Å². The molecule has 4 aromatic rings. The molecule has 8 heteroatoms. The molecule has 3 heterocycles. The van der Waals surface area contributed by atoms with Gasteiger partial charge >= 0.3 is 0 Å². The van der Waals surface area contributed by atoms with Crippen molar-refractivity contribution in [2.75, 3.05) is 5.43 Å². The van der Waals surface area contributed by atoms with Crippen molar-refractivity contribution in [1.82, 2.24) is 15.0 Å². The van der Waals surface area contributed by atoms with Gasteiger partial charge in [0.1, 0.15) is 10.8 Å². The molecule has 32 heavy (non-hydrogen) atoms. The lowest BCUT2D eigenvalue weighted by Crippen LogP contribution is -2.16. The van der Waals surface area contributed by atoms with Crippen molar-refractivity contribution in [3.63, 3.8) is 0 Å². The second-order valence-electron chi connectivity index (χ2n) is 7.53. The van der Waals surface area contributed by atoms with E-state index in [1.54, 1.807) is 23.7 Å². The number of halogens is 2. The first-order valence-corrected chi connectivity index (χ1v) is 11.1. The Hall–Kier alpha value is -3.52. The number of hydrazone groups is 1. The highest BCUT2D eigenvalue weighted by atomic mass is 32.1. The molecule has 0 aliphatic heterocycles. The lowest BCUT2D eigenvalue weighted by molar-refractivity contribution is 0.585. The number of thiazole rings is 1. The van der Waals surface area contributed by atoms with Gasteiger partial charge in [-0.15, -0.1) is 11.3 Å². The summed E-state index contributed by atoms with van der Waals surface area (Å²) in [6.07, 6.45) is 6.11. The van der Waals surface area contributed by atoms with Crippen molar-refractivity contribution in [2.45, 2.75) is 26.2 Å². The van der Waals surface area contributed by atoms with Gasteiger partial charge in [0.05, 0.1) is 33.4 Å². The van der Waals surface area contributed by atoms with Gasteiger partial charge < -0.3 is 0 Å². The van der Waals surface area contributed by atoms with E-state index in [9.17, 15) is 8.78 Å². The molecule has 0 bridgehead atoms. The Kier molecular flexibility index (Phi) is 5.45. The van der Waals surface area contributed by atoms with E-state index in [-0.39, 0.29) is 5.69 Å². The van der Waals surface area contributed by atoms with Gasteiger partial charge in [-0.05, 0) is 62.1 Å². The molecule has 0 saturated carbocycles. The van der Waals surface area contributed by atoms with Crippen LogP contribution < -0.4 is 5.43 Å². The van der Waals surface area contributed by atoms with Gasteiger partial charge in [-0.2, -0.15) is 5.10 Å². The molecule has 0 saturated heterocycles. The number of aromatic nitrogens is 3. The number of anilines is 1. The number of fused-ring (bicyclic) bond motifs is 1. The SMILES string of the molecule is Cc1nc(-c2cccnc2)sc1-c1ccc2c(n1)C(=NNc1ccc(F)cc1F)CCC2. The summed E-state index contributed by atoms with van der Waals surface area (Å²) in [5.41, 5.74) is 8.24. The molecule has 0 unspecified atom stereocenters. The van der Waals surface area contributed by atoms with Crippen LogP contribution in [0, 0.1) is 18.6 Å². The molecule has 0 radical (unpaired) electrons. The summed E-state index contributed by atoms with van der Waals surface area (Å²) in [7, 11) is 0. The van der Waals surface area contributed by atoms with E-state index in [1.807, 2.05) is 25.1 Å². The molecule has 5 nitrogen and oxygen atoms in total. The summed E-state index contributed by atoms with van der Waals surface area (Å²) in [6.45, 7) is 1.97. The predicted molar refractivity (Wildman–Crippen MR) is 123 cm³/mol. The maximum atomic E-state index is 14.0. The van der Waals surface area contributed by atoms with E-state index in [4.69, 9.17) is 9.97 Å².